The van der Waals surface area contributed by atoms with Gasteiger partial charge in [0, 0.05) is 11.8 Å². The Bertz CT molecular complexity index is 932. The van der Waals surface area contributed by atoms with Crippen molar-refractivity contribution < 1.29 is 4.39 Å². The quantitative estimate of drug-likeness (QED) is 0.581. The third kappa shape index (κ3) is 2.41. The molecule has 2 aliphatic carbocycles. The lowest BCUT2D eigenvalue weighted by Gasteiger charge is -2.22. The predicted molar refractivity (Wildman–Crippen MR) is 103 cm³/mol. The summed E-state index contributed by atoms with van der Waals surface area (Å²) in [5.41, 5.74) is 10.2. The van der Waals surface area contributed by atoms with Gasteiger partial charge < -0.3 is 0 Å². The molecular weight excluding hydrogens is 307 g/mol. The summed E-state index contributed by atoms with van der Waals surface area (Å²) in [4.78, 5) is 0. The molecule has 0 nitrogen and oxygen atoms in total. The van der Waals surface area contributed by atoms with Crippen LogP contribution in [0.5, 0.6) is 0 Å². The number of fused-ring (bicyclic) bond motifs is 1. The molecule has 0 spiro atoms. The molecule has 0 aromatic heterocycles. The van der Waals surface area contributed by atoms with Crippen LogP contribution in [0.1, 0.15) is 50.3 Å². The number of benzene rings is 2. The minimum Gasteiger partial charge on any atom is -0.207 e. The highest BCUT2D eigenvalue weighted by Gasteiger charge is 2.36. The molecule has 125 valence electrons. The number of rotatable bonds is 2. The average Bonchev–Trinajstić information content (AvgIpc) is 3.07. The molecule has 0 N–H and O–H groups in total. The largest absolute Gasteiger partial charge is 0.207 e. The lowest BCUT2D eigenvalue weighted by atomic mass is 9.81. The second-order valence-corrected chi connectivity index (χ2v) is 7.07. The first-order valence-corrected chi connectivity index (χ1v) is 8.79. The van der Waals surface area contributed by atoms with Gasteiger partial charge in [0.05, 0.1) is 0 Å². The van der Waals surface area contributed by atoms with E-state index in [-0.39, 0.29) is 11.7 Å². The van der Waals surface area contributed by atoms with Gasteiger partial charge in [-0.15, -0.1) is 0 Å². The molecule has 1 unspecified atom stereocenters. The molecule has 1 heteroatoms. The lowest BCUT2D eigenvalue weighted by molar-refractivity contribution is 0.627. The van der Waals surface area contributed by atoms with Crippen molar-refractivity contribution in [3.05, 3.63) is 105 Å². The van der Waals surface area contributed by atoms with Crippen LogP contribution in [-0.4, -0.2) is 0 Å². The Labute approximate surface area is 149 Å². The molecule has 1 atom stereocenters. The fourth-order valence-corrected chi connectivity index (χ4v) is 4.22. The molecule has 25 heavy (non-hydrogen) atoms. The van der Waals surface area contributed by atoms with Crippen molar-refractivity contribution in [1.82, 2.24) is 0 Å². The van der Waals surface area contributed by atoms with E-state index in [1.807, 2.05) is 6.07 Å². The van der Waals surface area contributed by atoms with Crippen LogP contribution in [0.25, 0.3) is 5.57 Å². The Morgan fingerprint density at radius 1 is 0.760 bits per heavy atom. The van der Waals surface area contributed by atoms with Crippen molar-refractivity contribution in [2.45, 2.75) is 33.6 Å². The predicted octanol–water partition coefficient (Wildman–Crippen LogP) is 6.62. The number of allylic oxidation sites excluding steroid dienone is 5. The maximum absolute atomic E-state index is 13.8. The molecule has 4 rings (SSSR count). The van der Waals surface area contributed by atoms with Gasteiger partial charge in [-0.05, 0) is 73.2 Å². The van der Waals surface area contributed by atoms with Gasteiger partial charge in [-0.1, -0.05) is 53.6 Å². The smallest absolute Gasteiger partial charge is 0.123 e. The maximum Gasteiger partial charge on any atom is 0.123 e. The zero-order valence-corrected chi connectivity index (χ0v) is 15.2. The highest BCUT2D eigenvalue weighted by atomic mass is 19.1. The molecule has 0 saturated carbocycles. The summed E-state index contributed by atoms with van der Waals surface area (Å²) in [6.45, 7) is 8.86. The molecule has 0 aliphatic heterocycles. The Hall–Kier alpha value is -2.41. The van der Waals surface area contributed by atoms with Crippen molar-refractivity contribution in [3.63, 3.8) is 0 Å². The summed E-state index contributed by atoms with van der Waals surface area (Å²) < 4.78 is 13.8. The normalized spacial score (nSPS) is 20.4. The van der Waals surface area contributed by atoms with Crippen LogP contribution in [-0.2, 0) is 0 Å². The number of hydrogen-bond acceptors (Lipinski definition) is 0. The third-order valence-corrected chi connectivity index (χ3v) is 5.86. The van der Waals surface area contributed by atoms with Gasteiger partial charge in [0.2, 0.25) is 0 Å². The second-order valence-electron chi connectivity index (χ2n) is 7.07. The van der Waals surface area contributed by atoms with Crippen molar-refractivity contribution in [2.75, 3.05) is 0 Å². The fraction of sp³-hybridized carbons (Fsp3) is 0.208. The fourth-order valence-electron chi connectivity index (χ4n) is 4.22. The first-order chi connectivity index (χ1) is 12.0. The van der Waals surface area contributed by atoms with Crippen LogP contribution in [0.3, 0.4) is 0 Å². The Morgan fingerprint density at radius 2 is 1.44 bits per heavy atom. The summed E-state index contributed by atoms with van der Waals surface area (Å²) in [5, 5.41) is 0. The molecular formula is C24H22F. The topological polar surface area (TPSA) is 0 Å². The van der Waals surface area contributed by atoms with Crippen molar-refractivity contribution in [1.29, 1.82) is 0 Å². The molecule has 2 aliphatic rings. The number of halogens is 1. The summed E-state index contributed by atoms with van der Waals surface area (Å²) >= 11 is 0. The van der Waals surface area contributed by atoms with Gasteiger partial charge >= 0.3 is 0 Å². The Morgan fingerprint density at radius 3 is 2.12 bits per heavy atom. The highest BCUT2D eigenvalue weighted by Crippen LogP contribution is 2.52. The van der Waals surface area contributed by atoms with E-state index in [4.69, 9.17) is 0 Å². The SMILES string of the molecule is CC1=C(C)C(C)=C(C)[C]1C1C=C(c2cccc(F)c2)c2ccccc21. The molecule has 0 amide bonds. The van der Waals surface area contributed by atoms with Gasteiger partial charge in [0.25, 0.3) is 0 Å². The van der Waals surface area contributed by atoms with Crippen LogP contribution in [0.2, 0.25) is 0 Å². The molecule has 2 aromatic carbocycles. The van der Waals surface area contributed by atoms with E-state index < -0.39 is 0 Å². The van der Waals surface area contributed by atoms with Gasteiger partial charge in [-0.2, -0.15) is 0 Å². The summed E-state index contributed by atoms with van der Waals surface area (Å²) in [6.07, 6.45) is 2.31. The van der Waals surface area contributed by atoms with E-state index in [2.05, 4.69) is 58.0 Å². The molecule has 0 saturated heterocycles. The zero-order valence-electron chi connectivity index (χ0n) is 15.2. The summed E-state index contributed by atoms with van der Waals surface area (Å²) in [5.74, 6) is 1.46. The molecule has 0 heterocycles. The molecule has 0 fully saturated rings. The zero-order chi connectivity index (χ0) is 17.7. The minimum atomic E-state index is -0.188. The van der Waals surface area contributed by atoms with Crippen molar-refractivity contribution in [2.24, 2.45) is 0 Å². The minimum absolute atomic E-state index is 0.188. The van der Waals surface area contributed by atoms with E-state index in [1.165, 1.54) is 45.4 Å². The van der Waals surface area contributed by atoms with Crippen LogP contribution in [0, 0.1) is 11.7 Å². The van der Waals surface area contributed by atoms with E-state index >= 15 is 0 Å². The van der Waals surface area contributed by atoms with Gasteiger partial charge in [-0.25, -0.2) is 4.39 Å². The Kier molecular flexibility index (Phi) is 3.76. The van der Waals surface area contributed by atoms with Gasteiger partial charge in [0.1, 0.15) is 5.82 Å². The monoisotopic (exact) mass is 329 g/mol. The van der Waals surface area contributed by atoms with Crippen LogP contribution < -0.4 is 0 Å². The summed E-state index contributed by atoms with van der Waals surface area (Å²) in [7, 11) is 0. The maximum atomic E-state index is 13.8. The van der Waals surface area contributed by atoms with Crippen LogP contribution in [0.4, 0.5) is 4.39 Å². The van der Waals surface area contributed by atoms with Crippen molar-refractivity contribution >= 4 is 5.57 Å². The van der Waals surface area contributed by atoms with E-state index in [0.717, 1.165) is 11.1 Å². The lowest BCUT2D eigenvalue weighted by Crippen LogP contribution is -2.08. The average molecular weight is 329 g/mol. The third-order valence-electron chi connectivity index (χ3n) is 5.86. The van der Waals surface area contributed by atoms with Gasteiger partial charge in [-0.3, -0.25) is 0 Å². The van der Waals surface area contributed by atoms with Crippen molar-refractivity contribution in [3.8, 4) is 0 Å². The highest BCUT2D eigenvalue weighted by molar-refractivity contribution is 5.87. The molecule has 2 aromatic rings. The molecule has 1 radical (unpaired) electrons. The van der Waals surface area contributed by atoms with E-state index in [0.29, 0.717) is 0 Å². The van der Waals surface area contributed by atoms with E-state index in [9.17, 15) is 4.39 Å². The Balaban J connectivity index is 1.88. The standard InChI is InChI=1S/C24H22F/c1-14-15(2)17(4)24(16(14)3)23-13-22(18-8-7-9-19(25)12-18)20-10-5-6-11-21(20)23/h5-13,23H,1-4H3. The molecule has 0 bridgehead atoms. The number of hydrogen-bond donors (Lipinski definition) is 0. The van der Waals surface area contributed by atoms with Crippen LogP contribution in [0.15, 0.2) is 76.9 Å². The first kappa shape index (κ1) is 16.1. The van der Waals surface area contributed by atoms with Crippen LogP contribution >= 0.6 is 0 Å². The van der Waals surface area contributed by atoms with E-state index in [1.54, 1.807) is 12.1 Å². The summed E-state index contributed by atoms with van der Waals surface area (Å²) in [6, 6.07) is 15.4. The van der Waals surface area contributed by atoms with Gasteiger partial charge in [0.15, 0.2) is 0 Å². The second kappa shape index (κ2) is 5.84. The first-order valence-electron chi connectivity index (χ1n) is 8.79.